The van der Waals surface area contributed by atoms with Crippen LogP contribution in [0.5, 0.6) is 0 Å². The lowest BCUT2D eigenvalue weighted by Crippen LogP contribution is -2.28. The Kier molecular flexibility index (Phi) is 6.85. The molecule has 0 aliphatic heterocycles. The average Bonchev–Trinajstić information content (AvgIpc) is 3.27. The summed E-state index contributed by atoms with van der Waals surface area (Å²) in [6.07, 6.45) is 2.39. The summed E-state index contributed by atoms with van der Waals surface area (Å²) in [5.74, 6) is 0.519. The molecule has 6 nitrogen and oxygen atoms in total. The molecule has 0 saturated carbocycles. The number of hydrogen-bond donors (Lipinski definition) is 2. The van der Waals surface area contributed by atoms with Gasteiger partial charge in [-0.05, 0) is 48.4 Å². The number of hydrogen-bond acceptors (Lipinski definition) is 4. The highest BCUT2D eigenvalue weighted by molar-refractivity contribution is 7.89. The summed E-state index contributed by atoms with van der Waals surface area (Å²) in [6.45, 7) is 2.67. The molecule has 0 fully saturated rings. The molecule has 0 saturated heterocycles. The molecule has 1 amide bonds. The highest BCUT2D eigenvalue weighted by Crippen LogP contribution is 2.18. The van der Waals surface area contributed by atoms with Crippen molar-refractivity contribution < 1.29 is 17.6 Å². The van der Waals surface area contributed by atoms with Crippen LogP contribution in [0.2, 0.25) is 0 Å². The van der Waals surface area contributed by atoms with Crippen molar-refractivity contribution in [1.82, 2.24) is 10.0 Å². The van der Waals surface area contributed by atoms with Gasteiger partial charge in [0.05, 0.1) is 17.7 Å². The average molecular weight is 413 g/mol. The normalized spacial score (nSPS) is 12.4. The van der Waals surface area contributed by atoms with Gasteiger partial charge in [0, 0.05) is 18.0 Å². The third-order valence-corrected chi connectivity index (χ3v) is 6.13. The molecule has 1 atom stereocenters. The fourth-order valence-electron chi connectivity index (χ4n) is 2.99. The Balaban J connectivity index is 1.59. The minimum atomic E-state index is -3.69. The Hall–Kier alpha value is -2.90. The number of carbonyl (C=O) groups excluding carboxylic acids is 1. The second-order valence-electron chi connectivity index (χ2n) is 6.65. The zero-order chi connectivity index (χ0) is 20.7. The van der Waals surface area contributed by atoms with Gasteiger partial charge in [-0.25, -0.2) is 13.1 Å². The highest BCUT2D eigenvalue weighted by Gasteiger charge is 2.16. The molecule has 2 N–H and O–H groups in total. The van der Waals surface area contributed by atoms with Crippen LogP contribution in [0.4, 0.5) is 0 Å². The molecule has 0 aliphatic rings. The lowest BCUT2D eigenvalue weighted by molar-refractivity contribution is 0.0951. The number of amides is 1. The molecule has 152 valence electrons. The van der Waals surface area contributed by atoms with E-state index in [0.717, 1.165) is 6.42 Å². The molecule has 2 aromatic carbocycles. The molecule has 1 heterocycles. The third kappa shape index (κ3) is 5.56. The molecule has 7 heteroatoms. The summed E-state index contributed by atoms with van der Waals surface area (Å²) < 4.78 is 32.3. The van der Waals surface area contributed by atoms with E-state index >= 15 is 0 Å². The topological polar surface area (TPSA) is 88.4 Å². The van der Waals surface area contributed by atoms with Gasteiger partial charge in [0.2, 0.25) is 10.0 Å². The zero-order valence-electron chi connectivity index (χ0n) is 16.2. The molecular weight excluding hydrogens is 388 g/mol. The van der Waals surface area contributed by atoms with Crippen molar-refractivity contribution in [1.29, 1.82) is 0 Å². The van der Waals surface area contributed by atoms with E-state index in [1.807, 2.05) is 18.2 Å². The predicted molar refractivity (Wildman–Crippen MR) is 111 cm³/mol. The first-order valence-electron chi connectivity index (χ1n) is 9.45. The number of sulfonamides is 1. The summed E-state index contributed by atoms with van der Waals surface area (Å²) in [5.41, 5.74) is 1.59. The Morgan fingerprint density at radius 3 is 2.34 bits per heavy atom. The van der Waals surface area contributed by atoms with Gasteiger partial charge in [-0.1, -0.05) is 37.3 Å². The van der Waals surface area contributed by atoms with E-state index in [0.29, 0.717) is 17.9 Å². The van der Waals surface area contributed by atoms with E-state index in [2.05, 4.69) is 29.1 Å². The number of benzene rings is 2. The summed E-state index contributed by atoms with van der Waals surface area (Å²) in [4.78, 5) is 12.5. The minimum Gasteiger partial charge on any atom is -0.468 e. The van der Waals surface area contributed by atoms with Gasteiger partial charge in [0.25, 0.3) is 5.91 Å². The largest absolute Gasteiger partial charge is 0.468 e. The van der Waals surface area contributed by atoms with Crippen molar-refractivity contribution in [3.05, 3.63) is 89.9 Å². The summed E-state index contributed by atoms with van der Waals surface area (Å²) >= 11 is 0. The van der Waals surface area contributed by atoms with Crippen LogP contribution in [-0.2, 0) is 16.6 Å². The van der Waals surface area contributed by atoms with Crippen LogP contribution in [-0.4, -0.2) is 20.9 Å². The molecule has 0 radical (unpaired) electrons. The maximum atomic E-state index is 12.4. The predicted octanol–water partition coefficient (Wildman–Crippen LogP) is 3.68. The maximum Gasteiger partial charge on any atom is 0.251 e. The van der Waals surface area contributed by atoms with Gasteiger partial charge < -0.3 is 9.73 Å². The fourth-order valence-corrected chi connectivity index (χ4v) is 3.98. The van der Waals surface area contributed by atoms with Crippen LogP contribution in [0, 0.1) is 0 Å². The molecule has 3 rings (SSSR count). The highest BCUT2D eigenvalue weighted by atomic mass is 32.2. The fraction of sp³-hybridized carbons (Fsp3) is 0.227. The van der Waals surface area contributed by atoms with Crippen molar-refractivity contribution in [3.63, 3.8) is 0 Å². The van der Waals surface area contributed by atoms with Crippen LogP contribution >= 0.6 is 0 Å². The van der Waals surface area contributed by atoms with Crippen molar-refractivity contribution in [2.75, 3.05) is 6.54 Å². The van der Waals surface area contributed by atoms with E-state index in [4.69, 9.17) is 4.42 Å². The van der Waals surface area contributed by atoms with E-state index < -0.39 is 10.0 Å². The smallest absolute Gasteiger partial charge is 0.251 e. The van der Waals surface area contributed by atoms with Gasteiger partial charge in [-0.15, -0.1) is 0 Å². The molecule has 0 spiro atoms. The number of nitrogens with one attached hydrogen (secondary N) is 2. The quantitative estimate of drug-likeness (QED) is 0.561. The monoisotopic (exact) mass is 412 g/mol. The first kappa shape index (κ1) is 20.8. The number of furan rings is 1. The van der Waals surface area contributed by atoms with Crippen molar-refractivity contribution in [2.45, 2.75) is 30.7 Å². The summed E-state index contributed by atoms with van der Waals surface area (Å²) in [6, 6.07) is 19.3. The van der Waals surface area contributed by atoms with Gasteiger partial charge in [0.15, 0.2) is 0 Å². The second-order valence-corrected chi connectivity index (χ2v) is 8.42. The van der Waals surface area contributed by atoms with Gasteiger partial charge >= 0.3 is 0 Å². The van der Waals surface area contributed by atoms with Gasteiger partial charge in [-0.3, -0.25) is 4.79 Å². The van der Waals surface area contributed by atoms with Crippen molar-refractivity contribution >= 4 is 15.9 Å². The molecule has 3 aromatic rings. The van der Waals surface area contributed by atoms with Crippen LogP contribution in [0.1, 0.15) is 40.9 Å². The van der Waals surface area contributed by atoms with E-state index in [1.54, 1.807) is 12.1 Å². The van der Waals surface area contributed by atoms with E-state index in [1.165, 1.54) is 36.1 Å². The molecular formula is C22H24N2O4S. The summed E-state index contributed by atoms with van der Waals surface area (Å²) in [7, 11) is -3.69. The number of carbonyl (C=O) groups is 1. The lowest BCUT2D eigenvalue weighted by Gasteiger charge is -2.16. The molecule has 29 heavy (non-hydrogen) atoms. The molecule has 1 aromatic heterocycles. The minimum absolute atomic E-state index is 0.0649. The van der Waals surface area contributed by atoms with Crippen LogP contribution in [0.3, 0.4) is 0 Å². The standard InChI is InChI=1S/C22H24N2O4S/c1-2-17(18-7-4-3-5-8-18)15-23-22(25)19-10-12-21(13-11-19)29(26,27)24-16-20-9-6-14-28-20/h3-14,17,24H,2,15-16H2,1H3,(H,23,25). The first-order chi connectivity index (χ1) is 14.0. The Morgan fingerprint density at radius 1 is 1.00 bits per heavy atom. The molecule has 0 bridgehead atoms. The number of rotatable bonds is 9. The third-order valence-electron chi connectivity index (χ3n) is 4.72. The maximum absolute atomic E-state index is 12.4. The van der Waals surface area contributed by atoms with Crippen molar-refractivity contribution in [2.24, 2.45) is 0 Å². The van der Waals surface area contributed by atoms with Crippen LogP contribution in [0.25, 0.3) is 0 Å². The second kappa shape index (κ2) is 9.54. The SMILES string of the molecule is CCC(CNC(=O)c1ccc(S(=O)(=O)NCc2ccco2)cc1)c1ccccc1. The Bertz CT molecular complexity index is 1010. The van der Waals surface area contributed by atoms with Crippen LogP contribution < -0.4 is 10.0 Å². The summed E-state index contributed by atoms with van der Waals surface area (Å²) in [5, 5.41) is 2.93. The van der Waals surface area contributed by atoms with E-state index in [-0.39, 0.29) is 23.3 Å². The van der Waals surface area contributed by atoms with Crippen molar-refractivity contribution in [3.8, 4) is 0 Å². The molecule has 1 unspecified atom stereocenters. The first-order valence-corrected chi connectivity index (χ1v) is 10.9. The van der Waals surface area contributed by atoms with E-state index in [9.17, 15) is 13.2 Å². The Morgan fingerprint density at radius 2 is 1.72 bits per heavy atom. The molecule has 0 aliphatic carbocycles. The van der Waals surface area contributed by atoms with Crippen LogP contribution in [0.15, 0.2) is 82.3 Å². The lowest BCUT2D eigenvalue weighted by atomic mass is 9.96. The van der Waals surface area contributed by atoms with Gasteiger partial charge in [-0.2, -0.15) is 0 Å². The Labute approximate surface area is 171 Å². The zero-order valence-corrected chi connectivity index (χ0v) is 17.0. The van der Waals surface area contributed by atoms with Gasteiger partial charge in [0.1, 0.15) is 5.76 Å².